The predicted octanol–water partition coefficient (Wildman–Crippen LogP) is 0.0626. The number of halogens is 1. The average Bonchev–Trinajstić information content (AvgIpc) is 3.22. The van der Waals surface area contributed by atoms with Gasteiger partial charge in [0.15, 0.2) is 4.87 Å². The van der Waals surface area contributed by atoms with Crippen molar-refractivity contribution in [2.24, 2.45) is 5.16 Å². The van der Waals surface area contributed by atoms with Gasteiger partial charge in [-0.25, -0.2) is 9.78 Å². The molecule has 0 spiro atoms. The van der Waals surface area contributed by atoms with Gasteiger partial charge in [-0.05, 0) is 32.3 Å². The summed E-state index contributed by atoms with van der Waals surface area (Å²) >= 11 is 8.20. The number of carbonyl (C=O) groups is 4. The maximum atomic E-state index is 12.8. The molecule has 3 heterocycles. The van der Waals surface area contributed by atoms with E-state index >= 15 is 0 Å². The number of carboxylic acid groups (broad SMARTS) is 1. The lowest BCUT2D eigenvalue weighted by Gasteiger charge is -2.52. The van der Waals surface area contributed by atoms with E-state index in [1.54, 1.807) is 20.8 Å². The van der Waals surface area contributed by atoms with Crippen molar-refractivity contribution in [3.8, 4) is 0 Å². The Morgan fingerprint density at radius 3 is 2.75 bits per heavy atom. The zero-order valence-corrected chi connectivity index (χ0v) is 19.6. The van der Waals surface area contributed by atoms with Crippen molar-refractivity contribution >= 4 is 64.4 Å². The fraction of sp³-hybridized carbons (Fsp3) is 0.588. The number of hydrogen-bond donors (Lipinski definition) is 2. The van der Waals surface area contributed by atoms with Crippen LogP contribution >= 0.6 is 34.9 Å². The number of fused-ring (bicyclic) bond motifs is 1. The summed E-state index contributed by atoms with van der Waals surface area (Å²) in [5.74, 6) is -3.12. The fourth-order valence-corrected chi connectivity index (χ4v) is 4.99. The summed E-state index contributed by atoms with van der Waals surface area (Å²) in [4.78, 5) is 57.0. The highest BCUT2D eigenvalue weighted by Gasteiger charge is 2.57. The Hall–Kier alpha value is -2.45. The second-order valence-corrected chi connectivity index (χ2v) is 10.4. The molecule has 0 bridgehead atoms. The van der Waals surface area contributed by atoms with Crippen LogP contribution in [-0.2, 0) is 28.8 Å². The van der Waals surface area contributed by atoms with E-state index in [1.807, 2.05) is 0 Å². The number of aromatic nitrogens is 2. The molecule has 3 rings (SSSR count). The predicted molar refractivity (Wildman–Crippen MR) is 114 cm³/mol. The smallest absolute Gasteiger partial charge is 0.347 e. The van der Waals surface area contributed by atoms with Gasteiger partial charge < -0.3 is 24.9 Å². The Morgan fingerprint density at radius 2 is 2.16 bits per heavy atom. The first-order chi connectivity index (χ1) is 14.9. The minimum absolute atomic E-state index is 0.0396. The van der Waals surface area contributed by atoms with E-state index in [4.69, 9.17) is 21.2 Å². The molecule has 32 heavy (non-hydrogen) atoms. The van der Waals surface area contributed by atoms with Crippen LogP contribution in [0.25, 0.3) is 0 Å². The number of amides is 2. The van der Waals surface area contributed by atoms with Gasteiger partial charge in [-0.1, -0.05) is 5.16 Å². The molecule has 0 radical (unpaired) electrons. The van der Waals surface area contributed by atoms with Crippen LogP contribution in [-0.4, -0.2) is 89.6 Å². The number of β-lactam (4-membered cyclic amide) rings is 1. The van der Waals surface area contributed by atoms with Crippen molar-refractivity contribution in [3.05, 3.63) is 11.3 Å². The Morgan fingerprint density at radius 1 is 1.44 bits per heavy atom. The number of carbonyl (C=O) groups excluding carboxylic acids is 3. The molecule has 2 amide bonds. The lowest BCUT2D eigenvalue weighted by molar-refractivity contribution is -0.160. The lowest BCUT2D eigenvalue weighted by atomic mass is 10.0. The molecule has 2 N–H and O–H groups in total. The van der Waals surface area contributed by atoms with E-state index in [1.165, 1.54) is 10.4 Å². The van der Waals surface area contributed by atoms with Crippen molar-refractivity contribution in [1.82, 2.24) is 19.6 Å². The van der Waals surface area contributed by atoms with Gasteiger partial charge in [0.25, 0.3) is 5.91 Å². The summed E-state index contributed by atoms with van der Waals surface area (Å²) in [7, 11) is 0. The van der Waals surface area contributed by atoms with Crippen molar-refractivity contribution in [1.29, 1.82) is 0 Å². The lowest BCUT2D eigenvalue weighted by Crippen LogP contribution is -2.74. The van der Waals surface area contributed by atoms with Crippen LogP contribution in [0.2, 0.25) is 0 Å². The number of esters is 1. The van der Waals surface area contributed by atoms with E-state index in [2.05, 4.69) is 19.8 Å². The first-order valence-electron chi connectivity index (χ1n) is 9.25. The highest BCUT2D eigenvalue weighted by Crippen LogP contribution is 2.41. The van der Waals surface area contributed by atoms with Crippen LogP contribution in [0.5, 0.6) is 0 Å². The average molecular weight is 506 g/mol. The molecule has 174 valence electrons. The van der Waals surface area contributed by atoms with Gasteiger partial charge >= 0.3 is 11.9 Å². The number of alkyl halides is 1. The molecule has 0 aliphatic carbocycles. The molecule has 0 saturated carbocycles. The Balaban J connectivity index is 1.65. The van der Waals surface area contributed by atoms with Gasteiger partial charge in [0.1, 0.15) is 22.5 Å². The SMILES string of the molecule is CC(C)(C)OC(=O)CON=C(C(=O)NC1C(=O)N2CC(Cl)(C(=O)O)CS[C@H]12)c1ncsn1. The number of hydrogen-bond acceptors (Lipinski definition) is 11. The first kappa shape index (κ1) is 24.2. The summed E-state index contributed by atoms with van der Waals surface area (Å²) in [5.41, 5.74) is 0.348. The molecular formula is C17H20ClN5O7S2. The number of thioether (sulfide) groups is 1. The topological polar surface area (TPSA) is 160 Å². The Bertz CT molecular complexity index is 952. The van der Waals surface area contributed by atoms with Crippen LogP contribution in [0.4, 0.5) is 0 Å². The molecule has 12 nitrogen and oxygen atoms in total. The third-order valence-electron chi connectivity index (χ3n) is 4.26. The maximum Gasteiger partial charge on any atom is 0.347 e. The van der Waals surface area contributed by atoms with E-state index in [0.29, 0.717) is 0 Å². The summed E-state index contributed by atoms with van der Waals surface area (Å²) < 4.78 is 9.04. The van der Waals surface area contributed by atoms with Gasteiger partial charge in [0, 0.05) is 5.75 Å². The Kier molecular flexibility index (Phi) is 6.95. The van der Waals surface area contributed by atoms with Gasteiger partial charge in [-0.3, -0.25) is 14.4 Å². The largest absolute Gasteiger partial charge is 0.480 e. The third-order valence-corrected chi connectivity index (χ3v) is 6.84. The number of rotatable bonds is 7. The monoisotopic (exact) mass is 505 g/mol. The van der Waals surface area contributed by atoms with Crippen molar-refractivity contribution in [3.63, 3.8) is 0 Å². The summed E-state index contributed by atoms with van der Waals surface area (Å²) in [6, 6.07) is -0.905. The molecule has 2 fully saturated rings. The molecule has 2 aliphatic heterocycles. The second kappa shape index (κ2) is 9.19. The van der Waals surface area contributed by atoms with Gasteiger partial charge in [0.05, 0.1) is 6.54 Å². The molecule has 3 atom stereocenters. The second-order valence-electron chi connectivity index (χ2n) is 7.94. The van der Waals surface area contributed by atoms with E-state index in [-0.39, 0.29) is 23.8 Å². The van der Waals surface area contributed by atoms with Gasteiger partial charge in [-0.15, -0.1) is 23.4 Å². The van der Waals surface area contributed by atoms with E-state index in [0.717, 1.165) is 23.3 Å². The van der Waals surface area contributed by atoms with Crippen LogP contribution in [0.1, 0.15) is 26.6 Å². The molecular weight excluding hydrogens is 486 g/mol. The normalized spacial score (nSPS) is 25.4. The van der Waals surface area contributed by atoms with Crippen LogP contribution in [0.15, 0.2) is 10.7 Å². The zero-order chi connectivity index (χ0) is 23.7. The standard InChI is InChI=1S/C17H20ClN5O7S2/c1-16(2,3)30-8(24)4-29-21-9(11-19-7-32-22-11)12(25)20-10-13(26)23-5-17(18,15(27)28)6-31-14(10)23/h7,10,14H,4-6H2,1-3H3,(H,20,25)(H,27,28)/t10?,14-,17?/m1/s1. The Labute approximate surface area is 195 Å². The minimum atomic E-state index is -1.57. The number of ether oxygens (including phenoxy) is 1. The highest BCUT2D eigenvalue weighted by atomic mass is 35.5. The fourth-order valence-electron chi connectivity index (χ4n) is 2.86. The number of aliphatic carboxylic acids is 1. The minimum Gasteiger partial charge on any atom is -0.480 e. The molecule has 0 aromatic carbocycles. The number of carboxylic acids is 1. The summed E-state index contributed by atoms with van der Waals surface area (Å²) in [6.07, 6.45) is 0. The molecule has 1 aromatic heterocycles. The third kappa shape index (κ3) is 5.30. The van der Waals surface area contributed by atoms with Gasteiger partial charge in [-0.2, -0.15) is 4.37 Å². The van der Waals surface area contributed by atoms with Crippen molar-refractivity contribution < 1.29 is 33.9 Å². The quantitative estimate of drug-likeness (QED) is 0.170. The molecule has 15 heteroatoms. The van der Waals surface area contributed by atoms with Crippen molar-refractivity contribution in [2.75, 3.05) is 18.9 Å². The highest BCUT2D eigenvalue weighted by molar-refractivity contribution is 8.00. The molecule has 2 saturated heterocycles. The van der Waals surface area contributed by atoms with Crippen LogP contribution in [0, 0.1) is 0 Å². The van der Waals surface area contributed by atoms with E-state index in [9.17, 15) is 24.3 Å². The van der Waals surface area contributed by atoms with Crippen LogP contribution in [0.3, 0.4) is 0 Å². The zero-order valence-electron chi connectivity index (χ0n) is 17.2. The molecule has 2 aliphatic rings. The van der Waals surface area contributed by atoms with Crippen molar-refractivity contribution in [2.45, 2.75) is 42.7 Å². The number of nitrogens with one attached hydrogen (secondary N) is 1. The van der Waals surface area contributed by atoms with Gasteiger partial charge in [0.2, 0.25) is 24.1 Å². The van der Waals surface area contributed by atoms with E-state index < -0.39 is 52.3 Å². The summed E-state index contributed by atoms with van der Waals surface area (Å²) in [6.45, 7) is 4.37. The molecule has 2 unspecified atom stereocenters. The number of nitrogens with zero attached hydrogens (tertiary/aromatic N) is 4. The first-order valence-corrected chi connectivity index (χ1v) is 11.5. The van der Waals surface area contributed by atoms with Crippen LogP contribution < -0.4 is 5.32 Å². The molecule has 1 aromatic rings. The maximum absolute atomic E-state index is 12.8. The number of oxime groups is 1. The summed E-state index contributed by atoms with van der Waals surface area (Å²) in [5, 5.41) is 15.0.